The van der Waals surface area contributed by atoms with E-state index in [0.717, 1.165) is 25.7 Å². The third-order valence-electron chi connectivity index (χ3n) is 6.44. The standard InChI is InChI=1S/C24H29NO/c1-18(20-14-13-19-9-5-6-10-21(19)17-20)25-23(26)24(15-7-8-16-24)22-11-3-2-4-12-22/h2-4,11-14,17-18H,5-10,15-16H2,1H3,(H,25,26). The van der Waals surface area contributed by atoms with Gasteiger partial charge < -0.3 is 5.32 Å². The van der Waals surface area contributed by atoms with Crippen LogP contribution in [0.1, 0.15) is 73.7 Å². The fraction of sp³-hybridized carbons (Fsp3) is 0.458. The summed E-state index contributed by atoms with van der Waals surface area (Å²) < 4.78 is 0. The Labute approximate surface area is 157 Å². The lowest BCUT2D eigenvalue weighted by molar-refractivity contribution is -0.127. The van der Waals surface area contributed by atoms with Crippen LogP contribution in [0.5, 0.6) is 0 Å². The van der Waals surface area contributed by atoms with Gasteiger partial charge in [0.15, 0.2) is 0 Å². The molecule has 1 unspecified atom stereocenters. The molecule has 0 spiro atoms. The largest absolute Gasteiger partial charge is 0.349 e. The van der Waals surface area contributed by atoms with Crippen molar-refractivity contribution in [2.24, 2.45) is 0 Å². The minimum absolute atomic E-state index is 0.0518. The van der Waals surface area contributed by atoms with Gasteiger partial charge in [-0.1, -0.05) is 61.4 Å². The lowest BCUT2D eigenvalue weighted by Crippen LogP contribution is -2.43. The fourth-order valence-electron chi connectivity index (χ4n) is 4.82. The first-order valence-corrected chi connectivity index (χ1v) is 10.2. The van der Waals surface area contributed by atoms with E-state index >= 15 is 0 Å². The molecule has 1 N–H and O–H groups in total. The van der Waals surface area contributed by atoms with Crippen molar-refractivity contribution in [1.82, 2.24) is 5.32 Å². The van der Waals surface area contributed by atoms with Gasteiger partial charge in [-0.15, -0.1) is 0 Å². The van der Waals surface area contributed by atoms with Gasteiger partial charge >= 0.3 is 0 Å². The number of hydrogen-bond acceptors (Lipinski definition) is 1. The van der Waals surface area contributed by atoms with Crippen molar-refractivity contribution >= 4 is 5.91 Å². The molecule has 0 saturated heterocycles. The summed E-state index contributed by atoms with van der Waals surface area (Å²) in [5, 5.41) is 3.35. The number of nitrogens with one attached hydrogen (secondary N) is 1. The molecule has 1 saturated carbocycles. The molecular weight excluding hydrogens is 318 g/mol. The maximum absolute atomic E-state index is 13.3. The summed E-state index contributed by atoms with van der Waals surface area (Å²) in [6, 6.07) is 17.2. The summed E-state index contributed by atoms with van der Waals surface area (Å²) in [4.78, 5) is 13.3. The zero-order chi connectivity index (χ0) is 18.0. The second-order valence-corrected chi connectivity index (χ2v) is 8.09. The summed E-state index contributed by atoms with van der Waals surface area (Å²) in [5.41, 5.74) is 5.04. The fourth-order valence-corrected chi connectivity index (χ4v) is 4.82. The Morgan fingerprint density at radius 2 is 1.62 bits per heavy atom. The zero-order valence-corrected chi connectivity index (χ0v) is 15.8. The lowest BCUT2D eigenvalue weighted by Gasteiger charge is -2.30. The van der Waals surface area contributed by atoms with Crippen molar-refractivity contribution in [2.75, 3.05) is 0 Å². The molecule has 2 nitrogen and oxygen atoms in total. The third kappa shape index (κ3) is 3.18. The van der Waals surface area contributed by atoms with Crippen LogP contribution in [0.25, 0.3) is 0 Å². The van der Waals surface area contributed by atoms with E-state index < -0.39 is 0 Å². The van der Waals surface area contributed by atoms with Gasteiger partial charge in [-0.3, -0.25) is 4.79 Å². The van der Waals surface area contributed by atoms with Crippen LogP contribution in [0, 0.1) is 0 Å². The highest BCUT2D eigenvalue weighted by Crippen LogP contribution is 2.41. The van der Waals surface area contributed by atoms with E-state index in [1.807, 2.05) is 6.07 Å². The Morgan fingerprint density at radius 3 is 2.35 bits per heavy atom. The number of fused-ring (bicyclic) bond motifs is 1. The molecule has 0 bridgehead atoms. The van der Waals surface area contributed by atoms with Crippen LogP contribution in [0.4, 0.5) is 0 Å². The molecule has 136 valence electrons. The van der Waals surface area contributed by atoms with Crippen LogP contribution in [-0.2, 0) is 23.1 Å². The van der Waals surface area contributed by atoms with E-state index in [4.69, 9.17) is 0 Å². The van der Waals surface area contributed by atoms with E-state index in [2.05, 4.69) is 54.7 Å². The normalized spacial score (nSPS) is 19.6. The monoisotopic (exact) mass is 347 g/mol. The second kappa shape index (κ2) is 7.26. The Hall–Kier alpha value is -2.09. The zero-order valence-electron chi connectivity index (χ0n) is 15.8. The van der Waals surface area contributed by atoms with Crippen LogP contribution in [0.15, 0.2) is 48.5 Å². The van der Waals surface area contributed by atoms with Crippen molar-refractivity contribution in [2.45, 2.75) is 69.7 Å². The topological polar surface area (TPSA) is 29.1 Å². The Balaban J connectivity index is 1.55. The Bertz CT molecular complexity index is 774. The molecule has 0 aliphatic heterocycles. The SMILES string of the molecule is CC(NC(=O)C1(c2ccccc2)CCCC1)c1ccc2c(c1)CCCC2. The predicted octanol–water partition coefficient (Wildman–Crippen LogP) is 5.25. The summed E-state index contributed by atoms with van der Waals surface area (Å²) >= 11 is 0. The molecular formula is C24H29NO. The van der Waals surface area contributed by atoms with Crippen LogP contribution >= 0.6 is 0 Å². The third-order valence-corrected chi connectivity index (χ3v) is 6.44. The van der Waals surface area contributed by atoms with Gasteiger partial charge in [0.2, 0.25) is 5.91 Å². The van der Waals surface area contributed by atoms with Crippen LogP contribution in [0.2, 0.25) is 0 Å². The number of rotatable bonds is 4. The number of benzene rings is 2. The summed E-state index contributed by atoms with van der Waals surface area (Å²) in [6.45, 7) is 2.12. The smallest absolute Gasteiger partial charge is 0.231 e. The minimum atomic E-state index is -0.344. The first-order chi connectivity index (χ1) is 12.7. The Kier molecular flexibility index (Phi) is 4.84. The average Bonchev–Trinajstić information content (AvgIpc) is 3.19. The van der Waals surface area contributed by atoms with Gasteiger partial charge in [-0.2, -0.15) is 0 Å². The highest BCUT2D eigenvalue weighted by atomic mass is 16.2. The molecule has 2 aromatic carbocycles. The summed E-state index contributed by atoms with van der Waals surface area (Å²) in [7, 11) is 0. The average molecular weight is 348 g/mol. The Morgan fingerprint density at radius 1 is 0.923 bits per heavy atom. The van der Waals surface area contributed by atoms with E-state index in [1.165, 1.54) is 47.9 Å². The van der Waals surface area contributed by atoms with E-state index in [0.29, 0.717) is 0 Å². The molecule has 2 aromatic rings. The number of amides is 1. The molecule has 0 radical (unpaired) electrons. The van der Waals surface area contributed by atoms with Gasteiger partial charge in [0.25, 0.3) is 0 Å². The molecule has 2 aliphatic carbocycles. The maximum atomic E-state index is 13.3. The molecule has 0 aromatic heterocycles. The van der Waals surface area contributed by atoms with Gasteiger partial charge in [0.1, 0.15) is 0 Å². The number of aryl methyl sites for hydroxylation is 2. The van der Waals surface area contributed by atoms with Crippen molar-refractivity contribution < 1.29 is 4.79 Å². The van der Waals surface area contributed by atoms with Gasteiger partial charge in [0.05, 0.1) is 11.5 Å². The molecule has 26 heavy (non-hydrogen) atoms. The highest BCUT2D eigenvalue weighted by Gasteiger charge is 2.42. The lowest BCUT2D eigenvalue weighted by atomic mass is 9.77. The first kappa shape index (κ1) is 17.3. The summed E-state index contributed by atoms with van der Waals surface area (Å²) in [6.07, 6.45) is 9.16. The van der Waals surface area contributed by atoms with Crippen molar-refractivity contribution in [1.29, 1.82) is 0 Å². The van der Waals surface area contributed by atoms with Crippen LogP contribution in [-0.4, -0.2) is 5.91 Å². The van der Waals surface area contributed by atoms with Crippen LogP contribution in [0.3, 0.4) is 0 Å². The van der Waals surface area contributed by atoms with Crippen molar-refractivity contribution in [3.63, 3.8) is 0 Å². The molecule has 1 amide bonds. The quantitative estimate of drug-likeness (QED) is 0.803. The summed E-state index contributed by atoms with van der Waals surface area (Å²) in [5.74, 6) is 0.200. The molecule has 1 fully saturated rings. The van der Waals surface area contributed by atoms with Crippen molar-refractivity contribution in [3.05, 3.63) is 70.8 Å². The first-order valence-electron chi connectivity index (χ1n) is 10.2. The van der Waals surface area contributed by atoms with Gasteiger partial charge in [-0.05, 0) is 67.7 Å². The molecule has 1 atom stereocenters. The minimum Gasteiger partial charge on any atom is -0.349 e. The maximum Gasteiger partial charge on any atom is 0.231 e. The van der Waals surface area contributed by atoms with Gasteiger partial charge in [-0.25, -0.2) is 0 Å². The predicted molar refractivity (Wildman–Crippen MR) is 106 cm³/mol. The molecule has 2 heteroatoms. The second-order valence-electron chi connectivity index (χ2n) is 8.09. The molecule has 2 aliphatic rings. The number of carbonyl (C=O) groups excluding carboxylic acids is 1. The highest BCUT2D eigenvalue weighted by molar-refractivity contribution is 5.89. The van der Waals surface area contributed by atoms with Crippen molar-refractivity contribution in [3.8, 4) is 0 Å². The van der Waals surface area contributed by atoms with Gasteiger partial charge in [0, 0.05) is 0 Å². The molecule has 4 rings (SSSR count). The van der Waals surface area contributed by atoms with Crippen LogP contribution < -0.4 is 5.32 Å². The molecule has 0 heterocycles. The van der Waals surface area contributed by atoms with E-state index in [-0.39, 0.29) is 17.4 Å². The number of hydrogen-bond donors (Lipinski definition) is 1. The van der Waals surface area contributed by atoms with E-state index in [1.54, 1.807) is 0 Å². The van der Waals surface area contributed by atoms with E-state index in [9.17, 15) is 4.79 Å². The number of carbonyl (C=O) groups is 1.